The van der Waals surface area contributed by atoms with E-state index in [2.05, 4.69) is 10.5 Å². The minimum absolute atomic E-state index is 0.156. The average Bonchev–Trinajstić information content (AvgIpc) is 2.11. The molecule has 0 aromatic carbocycles. The van der Waals surface area contributed by atoms with Gasteiger partial charge in [-0.1, -0.05) is 19.0 Å². The minimum Gasteiger partial charge on any atom is -0.393 e. The van der Waals surface area contributed by atoms with E-state index >= 15 is 0 Å². The van der Waals surface area contributed by atoms with Crippen molar-refractivity contribution in [2.75, 3.05) is 13.2 Å². The van der Waals surface area contributed by atoms with Gasteiger partial charge < -0.3 is 20.4 Å². The van der Waals surface area contributed by atoms with Crippen LogP contribution in [0, 0.1) is 0 Å². The maximum Gasteiger partial charge on any atom is 0.144 e. The molecular weight excluding hydrogens is 220 g/mol. The van der Waals surface area contributed by atoms with Crippen molar-refractivity contribution in [2.24, 2.45) is 5.16 Å². The van der Waals surface area contributed by atoms with Crippen LogP contribution in [0.5, 0.6) is 0 Å². The van der Waals surface area contributed by atoms with E-state index in [-0.39, 0.29) is 6.61 Å². The number of oxime groups is 1. The molecule has 0 amide bonds. The summed E-state index contributed by atoms with van der Waals surface area (Å²) in [6.45, 7) is 9.89. The lowest BCUT2D eigenvalue weighted by atomic mass is 10.0. The number of rotatable bonds is 8. The third kappa shape index (κ3) is 11.6. The van der Waals surface area contributed by atoms with Crippen LogP contribution in [0.15, 0.2) is 5.16 Å². The highest BCUT2D eigenvalue weighted by molar-refractivity contribution is 5.82. The van der Waals surface area contributed by atoms with Gasteiger partial charge in [-0.2, -0.15) is 0 Å². The van der Waals surface area contributed by atoms with Crippen LogP contribution < -0.4 is 5.32 Å². The molecule has 1 unspecified atom stereocenters. The predicted octanol–water partition coefficient (Wildman–Crippen LogP) is 0.899. The molecule has 0 aromatic rings. The summed E-state index contributed by atoms with van der Waals surface area (Å²) in [5, 5.41) is 26.0. The van der Waals surface area contributed by atoms with Gasteiger partial charge in [0.05, 0.1) is 11.3 Å². The Labute approximate surface area is 104 Å². The number of aliphatic hydroxyl groups excluding tert-OH is 1. The van der Waals surface area contributed by atoms with Gasteiger partial charge in [0.15, 0.2) is 0 Å². The van der Waals surface area contributed by atoms with E-state index in [0.717, 1.165) is 0 Å². The highest BCUT2D eigenvalue weighted by Crippen LogP contribution is 2.08. The van der Waals surface area contributed by atoms with Crippen molar-refractivity contribution in [3.63, 3.8) is 0 Å². The number of aliphatic hydroxyl groups is 2. The molecule has 0 bridgehead atoms. The molecule has 0 spiro atoms. The van der Waals surface area contributed by atoms with E-state index in [9.17, 15) is 10.2 Å². The Kier molecular flexibility index (Phi) is 7.34. The molecule has 0 saturated carbocycles. The van der Waals surface area contributed by atoms with Crippen LogP contribution >= 0.6 is 0 Å². The zero-order valence-electron chi connectivity index (χ0n) is 11.5. The second-order valence-corrected chi connectivity index (χ2v) is 5.33. The van der Waals surface area contributed by atoms with Crippen molar-refractivity contribution < 1.29 is 15.1 Å². The van der Waals surface area contributed by atoms with E-state index in [0.29, 0.717) is 24.7 Å². The van der Waals surface area contributed by atoms with Gasteiger partial charge in [-0.15, -0.1) is 0 Å². The molecular formula is C12H26N2O3. The summed E-state index contributed by atoms with van der Waals surface area (Å²) < 4.78 is 0. The number of hydrogen-bond donors (Lipinski definition) is 3. The lowest BCUT2D eigenvalue weighted by molar-refractivity contribution is 0.0374. The van der Waals surface area contributed by atoms with Crippen LogP contribution in [0.1, 0.15) is 41.0 Å². The first kappa shape index (κ1) is 16.4. The highest BCUT2D eigenvalue weighted by Gasteiger charge is 2.14. The maximum atomic E-state index is 9.55. The average molecular weight is 246 g/mol. The molecule has 0 rings (SSSR count). The van der Waals surface area contributed by atoms with Crippen molar-refractivity contribution in [3.8, 4) is 0 Å². The Morgan fingerprint density at radius 2 is 2.00 bits per heavy atom. The zero-order valence-corrected chi connectivity index (χ0v) is 11.5. The number of hydrogen-bond acceptors (Lipinski definition) is 5. The summed E-state index contributed by atoms with van der Waals surface area (Å²) in [7, 11) is 0. The Bertz CT molecular complexity index is 234. The van der Waals surface area contributed by atoms with E-state index in [1.54, 1.807) is 20.8 Å². The molecule has 5 nitrogen and oxygen atoms in total. The normalized spacial score (nSPS) is 15.2. The predicted molar refractivity (Wildman–Crippen MR) is 69.1 cm³/mol. The van der Waals surface area contributed by atoms with E-state index in [1.807, 2.05) is 13.8 Å². The van der Waals surface area contributed by atoms with E-state index in [1.165, 1.54) is 0 Å². The van der Waals surface area contributed by atoms with Gasteiger partial charge in [0, 0.05) is 19.0 Å². The first-order valence-corrected chi connectivity index (χ1v) is 6.00. The molecule has 0 radical (unpaired) electrons. The van der Waals surface area contributed by atoms with Crippen LogP contribution in [0.2, 0.25) is 0 Å². The fraction of sp³-hybridized carbons (Fsp3) is 0.917. The summed E-state index contributed by atoms with van der Waals surface area (Å²) in [6.07, 6.45) is -0.121. The summed E-state index contributed by atoms with van der Waals surface area (Å²) in [6, 6.07) is 0.338. The quantitative estimate of drug-likeness (QED) is 0.439. The lowest BCUT2D eigenvalue weighted by Crippen LogP contribution is -2.34. The third-order valence-corrected chi connectivity index (χ3v) is 1.94. The topological polar surface area (TPSA) is 74.1 Å². The van der Waals surface area contributed by atoms with Gasteiger partial charge >= 0.3 is 0 Å². The molecule has 102 valence electrons. The monoisotopic (exact) mass is 246 g/mol. The van der Waals surface area contributed by atoms with Gasteiger partial charge in [-0.05, 0) is 20.8 Å². The van der Waals surface area contributed by atoms with Gasteiger partial charge in [-0.3, -0.25) is 0 Å². The first-order valence-electron chi connectivity index (χ1n) is 6.00. The third-order valence-electron chi connectivity index (χ3n) is 1.94. The summed E-state index contributed by atoms with van der Waals surface area (Å²) in [5.41, 5.74) is -0.0732. The molecule has 0 aliphatic heterocycles. The van der Waals surface area contributed by atoms with Gasteiger partial charge in [0.2, 0.25) is 0 Å². The van der Waals surface area contributed by atoms with Crippen LogP contribution in [-0.2, 0) is 4.84 Å². The number of nitrogens with one attached hydrogen (secondary N) is 1. The molecule has 1 atom stereocenters. The number of nitrogens with zero attached hydrogens (tertiary/aromatic N) is 1. The van der Waals surface area contributed by atoms with Crippen molar-refractivity contribution in [1.29, 1.82) is 0 Å². The molecule has 0 heterocycles. The van der Waals surface area contributed by atoms with Gasteiger partial charge in [0.1, 0.15) is 12.7 Å². The summed E-state index contributed by atoms with van der Waals surface area (Å²) >= 11 is 0. The van der Waals surface area contributed by atoms with Crippen molar-refractivity contribution in [2.45, 2.75) is 58.8 Å². The van der Waals surface area contributed by atoms with Crippen LogP contribution in [0.3, 0.4) is 0 Å². The fourth-order valence-corrected chi connectivity index (χ4v) is 1.32. The SMILES string of the molecule is C/C(CC(C)(C)O)=N\OCC(O)CNC(C)C. The molecule has 0 aromatic heterocycles. The van der Waals surface area contributed by atoms with Crippen LogP contribution in [-0.4, -0.2) is 46.8 Å². The molecule has 17 heavy (non-hydrogen) atoms. The first-order chi connectivity index (χ1) is 7.70. The second kappa shape index (κ2) is 7.63. The lowest BCUT2D eigenvalue weighted by Gasteiger charge is -2.16. The van der Waals surface area contributed by atoms with Crippen molar-refractivity contribution >= 4 is 5.71 Å². The molecule has 0 aliphatic carbocycles. The van der Waals surface area contributed by atoms with Crippen molar-refractivity contribution in [1.82, 2.24) is 5.32 Å². The molecule has 5 heteroatoms. The Morgan fingerprint density at radius 1 is 1.41 bits per heavy atom. The molecule has 0 saturated heterocycles. The standard InChI is InChI=1S/C12H26N2O3/c1-9(2)13-7-11(15)8-17-14-10(3)6-12(4,5)16/h9,11,13,15-16H,6-8H2,1-5H3/b14-10+. The van der Waals surface area contributed by atoms with E-state index < -0.39 is 11.7 Å². The maximum absolute atomic E-state index is 9.55. The molecule has 0 aliphatic rings. The summed E-state index contributed by atoms with van der Waals surface area (Å²) in [4.78, 5) is 5.02. The van der Waals surface area contributed by atoms with Crippen LogP contribution in [0.4, 0.5) is 0 Å². The minimum atomic E-state index is -0.783. The Balaban J connectivity index is 3.77. The zero-order chi connectivity index (χ0) is 13.5. The van der Waals surface area contributed by atoms with Crippen LogP contribution in [0.25, 0.3) is 0 Å². The van der Waals surface area contributed by atoms with Gasteiger partial charge in [0.25, 0.3) is 0 Å². The van der Waals surface area contributed by atoms with Crippen molar-refractivity contribution in [3.05, 3.63) is 0 Å². The fourth-order valence-electron chi connectivity index (χ4n) is 1.32. The molecule has 3 N–H and O–H groups in total. The summed E-state index contributed by atoms with van der Waals surface area (Å²) in [5.74, 6) is 0. The highest BCUT2D eigenvalue weighted by atomic mass is 16.6. The second-order valence-electron chi connectivity index (χ2n) is 5.33. The smallest absolute Gasteiger partial charge is 0.144 e. The Morgan fingerprint density at radius 3 is 2.47 bits per heavy atom. The molecule has 0 fully saturated rings. The van der Waals surface area contributed by atoms with Gasteiger partial charge in [-0.25, -0.2) is 0 Å². The largest absolute Gasteiger partial charge is 0.393 e. The Hall–Kier alpha value is -0.650. The van der Waals surface area contributed by atoms with E-state index in [4.69, 9.17) is 4.84 Å².